The van der Waals surface area contributed by atoms with E-state index >= 15 is 0 Å². The average molecular weight is 313 g/mol. The summed E-state index contributed by atoms with van der Waals surface area (Å²) in [7, 11) is 3.39. The first-order valence-corrected chi connectivity index (χ1v) is 8.52. The minimum absolute atomic E-state index is 0.0798. The second kappa shape index (κ2) is 5.59. The van der Waals surface area contributed by atoms with Gasteiger partial charge in [0.05, 0.1) is 20.3 Å². The lowest BCUT2D eigenvalue weighted by Gasteiger charge is -2.30. The van der Waals surface area contributed by atoms with Gasteiger partial charge in [0.2, 0.25) is 5.91 Å². The Balaban J connectivity index is 1.90. The Kier molecular flexibility index (Phi) is 3.55. The Bertz CT molecular complexity index is 692. The van der Waals surface area contributed by atoms with Crippen molar-refractivity contribution in [3.8, 4) is 11.5 Å². The van der Waals surface area contributed by atoms with Gasteiger partial charge in [-0.2, -0.15) is 0 Å². The molecular weight excluding hydrogens is 290 g/mol. The zero-order valence-electron chi connectivity index (χ0n) is 13.9. The second-order valence-electron chi connectivity index (χ2n) is 6.60. The Hall–Kier alpha value is -1.97. The van der Waals surface area contributed by atoms with Gasteiger partial charge in [-0.1, -0.05) is 0 Å². The van der Waals surface area contributed by atoms with E-state index in [2.05, 4.69) is 11.0 Å². The molecule has 1 aliphatic heterocycles. The number of rotatable bonds is 3. The topological polar surface area (TPSA) is 38.8 Å². The molecule has 1 aromatic carbocycles. The molecule has 122 valence electrons. The van der Waals surface area contributed by atoms with E-state index in [0.717, 1.165) is 37.3 Å². The molecule has 0 N–H and O–H groups in total. The number of allylic oxidation sites excluding steroid dienone is 1. The molecule has 1 amide bonds. The highest BCUT2D eigenvalue weighted by Crippen LogP contribution is 2.54. The fraction of sp³-hybridized carbons (Fsp3) is 0.526. The maximum atomic E-state index is 12.4. The van der Waals surface area contributed by atoms with E-state index in [4.69, 9.17) is 9.47 Å². The van der Waals surface area contributed by atoms with E-state index in [1.165, 1.54) is 35.1 Å². The van der Waals surface area contributed by atoms with Gasteiger partial charge in [0.1, 0.15) is 11.5 Å². The Morgan fingerprint density at radius 3 is 2.57 bits per heavy atom. The summed E-state index contributed by atoms with van der Waals surface area (Å²) < 4.78 is 11.1. The summed E-state index contributed by atoms with van der Waals surface area (Å²) in [5.41, 5.74) is 5.28. The maximum absolute atomic E-state index is 12.4. The third-order valence-electron chi connectivity index (χ3n) is 5.43. The molecule has 2 aliphatic carbocycles. The van der Waals surface area contributed by atoms with Crippen molar-refractivity contribution >= 4 is 11.5 Å². The molecule has 0 bridgehead atoms. The summed E-state index contributed by atoms with van der Waals surface area (Å²) in [6, 6.07) is 4.15. The molecule has 1 saturated heterocycles. The number of methoxy groups -OCH3 is 2. The Labute approximate surface area is 137 Å². The van der Waals surface area contributed by atoms with E-state index in [0.29, 0.717) is 6.42 Å². The molecule has 4 heteroatoms. The highest BCUT2D eigenvalue weighted by atomic mass is 16.5. The fourth-order valence-electron chi connectivity index (χ4n) is 4.42. The smallest absolute Gasteiger partial charge is 0.223 e. The van der Waals surface area contributed by atoms with Gasteiger partial charge in [0, 0.05) is 24.6 Å². The van der Waals surface area contributed by atoms with Crippen LogP contribution in [0.5, 0.6) is 11.5 Å². The molecule has 23 heavy (non-hydrogen) atoms. The normalized spacial score (nSPS) is 23.1. The molecule has 1 heterocycles. The van der Waals surface area contributed by atoms with Crippen LogP contribution in [0.15, 0.2) is 17.7 Å². The van der Waals surface area contributed by atoms with Crippen LogP contribution in [0.1, 0.15) is 55.7 Å². The van der Waals surface area contributed by atoms with Gasteiger partial charge in [-0.15, -0.1) is 0 Å². The summed E-state index contributed by atoms with van der Waals surface area (Å²) in [6.07, 6.45) is 6.25. The second-order valence-corrected chi connectivity index (χ2v) is 6.60. The highest BCUT2D eigenvalue weighted by Gasteiger charge is 2.41. The first-order valence-electron chi connectivity index (χ1n) is 8.52. The van der Waals surface area contributed by atoms with Gasteiger partial charge in [-0.3, -0.25) is 4.79 Å². The maximum Gasteiger partial charge on any atom is 0.223 e. The number of benzene rings is 1. The van der Waals surface area contributed by atoms with Crippen molar-refractivity contribution < 1.29 is 14.3 Å². The van der Waals surface area contributed by atoms with Crippen molar-refractivity contribution in [2.45, 2.75) is 44.6 Å². The van der Waals surface area contributed by atoms with Gasteiger partial charge in [0.15, 0.2) is 0 Å². The molecule has 0 radical (unpaired) electrons. The average Bonchev–Trinajstić information content (AvgIpc) is 3.14. The van der Waals surface area contributed by atoms with Crippen molar-refractivity contribution in [3.05, 3.63) is 28.8 Å². The quantitative estimate of drug-likeness (QED) is 0.854. The minimum atomic E-state index is 0.0798. The summed E-state index contributed by atoms with van der Waals surface area (Å²) in [5.74, 6) is 1.95. The lowest BCUT2D eigenvalue weighted by atomic mass is 9.90. The van der Waals surface area contributed by atoms with Crippen molar-refractivity contribution in [1.29, 1.82) is 0 Å². The zero-order valence-corrected chi connectivity index (χ0v) is 13.9. The standard InChI is InChI=1S/C19H23NO3/c1-22-12-10-15-13-6-3-4-7-14(13)19(18(15)16(11-12)23-2)20-9-5-8-17(20)21/h10-11,19H,3-9H2,1-2H3. The third-order valence-corrected chi connectivity index (χ3v) is 5.43. The van der Waals surface area contributed by atoms with Crippen molar-refractivity contribution in [1.82, 2.24) is 4.90 Å². The number of hydrogen-bond acceptors (Lipinski definition) is 3. The molecule has 1 fully saturated rings. The van der Waals surface area contributed by atoms with Crippen LogP contribution < -0.4 is 9.47 Å². The largest absolute Gasteiger partial charge is 0.497 e. The third kappa shape index (κ3) is 2.15. The molecule has 0 aromatic heterocycles. The zero-order chi connectivity index (χ0) is 16.0. The summed E-state index contributed by atoms with van der Waals surface area (Å²) in [6.45, 7) is 0.856. The summed E-state index contributed by atoms with van der Waals surface area (Å²) >= 11 is 0. The molecule has 4 rings (SSSR count). The van der Waals surface area contributed by atoms with Gasteiger partial charge in [0.25, 0.3) is 0 Å². The van der Waals surface area contributed by atoms with Gasteiger partial charge in [-0.05, 0) is 54.9 Å². The van der Waals surface area contributed by atoms with Gasteiger partial charge < -0.3 is 14.4 Å². The van der Waals surface area contributed by atoms with Crippen molar-refractivity contribution in [3.63, 3.8) is 0 Å². The monoisotopic (exact) mass is 313 g/mol. The van der Waals surface area contributed by atoms with Crippen LogP contribution in [0.4, 0.5) is 0 Å². The molecule has 1 unspecified atom stereocenters. The number of hydrogen-bond donors (Lipinski definition) is 0. The molecule has 0 spiro atoms. The first-order chi connectivity index (χ1) is 11.2. The predicted octanol–water partition coefficient (Wildman–Crippen LogP) is 3.71. The number of carbonyl (C=O) groups excluding carboxylic acids is 1. The lowest BCUT2D eigenvalue weighted by Crippen LogP contribution is -2.30. The van der Waals surface area contributed by atoms with Crippen LogP contribution in [0.2, 0.25) is 0 Å². The predicted molar refractivity (Wildman–Crippen MR) is 88.6 cm³/mol. The summed E-state index contributed by atoms with van der Waals surface area (Å²) in [5, 5.41) is 0. The van der Waals surface area contributed by atoms with Crippen LogP contribution in [0.25, 0.3) is 5.57 Å². The van der Waals surface area contributed by atoms with E-state index in [-0.39, 0.29) is 11.9 Å². The number of likely N-dealkylation sites (tertiary alicyclic amines) is 1. The van der Waals surface area contributed by atoms with Gasteiger partial charge >= 0.3 is 0 Å². The fourth-order valence-corrected chi connectivity index (χ4v) is 4.42. The van der Waals surface area contributed by atoms with Crippen LogP contribution in [0, 0.1) is 0 Å². The lowest BCUT2D eigenvalue weighted by molar-refractivity contribution is -0.129. The van der Waals surface area contributed by atoms with Crippen molar-refractivity contribution in [2.24, 2.45) is 0 Å². The van der Waals surface area contributed by atoms with E-state index < -0.39 is 0 Å². The molecular formula is C19H23NO3. The number of nitrogens with zero attached hydrogens (tertiary/aromatic N) is 1. The van der Waals surface area contributed by atoms with E-state index in [9.17, 15) is 4.79 Å². The first kappa shape index (κ1) is 14.6. The van der Waals surface area contributed by atoms with E-state index in [1.807, 2.05) is 6.07 Å². The molecule has 0 saturated carbocycles. The number of ether oxygens (including phenoxy) is 2. The SMILES string of the molecule is COc1cc(OC)c2c(c1)C1=C(CCCC1)C2N1CCCC1=O. The van der Waals surface area contributed by atoms with Crippen molar-refractivity contribution in [2.75, 3.05) is 20.8 Å². The molecule has 4 nitrogen and oxygen atoms in total. The molecule has 1 atom stereocenters. The van der Waals surface area contributed by atoms with Crippen LogP contribution in [-0.2, 0) is 4.79 Å². The van der Waals surface area contributed by atoms with E-state index in [1.54, 1.807) is 14.2 Å². The van der Waals surface area contributed by atoms with Crippen LogP contribution in [-0.4, -0.2) is 31.6 Å². The Morgan fingerprint density at radius 1 is 1.04 bits per heavy atom. The van der Waals surface area contributed by atoms with Gasteiger partial charge in [-0.25, -0.2) is 0 Å². The minimum Gasteiger partial charge on any atom is -0.497 e. The number of amides is 1. The highest BCUT2D eigenvalue weighted by molar-refractivity contribution is 5.86. The van der Waals surface area contributed by atoms with Crippen LogP contribution >= 0.6 is 0 Å². The van der Waals surface area contributed by atoms with Crippen LogP contribution in [0.3, 0.4) is 0 Å². The number of carbonyl (C=O) groups is 1. The number of fused-ring (bicyclic) bond motifs is 2. The summed E-state index contributed by atoms with van der Waals surface area (Å²) in [4.78, 5) is 14.5. The molecule has 3 aliphatic rings. The molecule has 1 aromatic rings. The Morgan fingerprint density at radius 2 is 1.87 bits per heavy atom.